The van der Waals surface area contributed by atoms with E-state index in [0.29, 0.717) is 24.5 Å². The smallest absolute Gasteiger partial charge is 0.335 e. The lowest BCUT2D eigenvalue weighted by Crippen LogP contribution is -2.74. The fourth-order valence-corrected chi connectivity index (χ4v) is 14.2. The molecule has 10 atom stereocenters. The van der Waals surface area contributed by atoms with E-state index in [1.54, 1.807) is 0 Å². The molecule has 0 aromatic heterocycles. The summed E-state index contributed by atoms with van der Waals surface area (Å²) in [6.07, 6.45) is 10.3. The highest BCUT2D eigenvalue weighted by Gasteiger charge is 2.85. The number of piperidine rings is 1. The van der Waals surface area contributed by atoms with Crippen LogP contribution in [0.2, 0.25) is 0 Å². The Morgan fingerprint density at radius 1 is 1.04 bits per heavy atom. The Labute approximate surface area is 282 Å². The van der Waals surface area contributed by atoms with Gasteiger partial charge in [-0.3, -0.25) is 9.80 Å². The Hall–Kier alpha value is -3.17. The molecule has 48 heavy (non-hydrogen) atoms. The van der Waals surface area contributed by atoms with Crippen LogP contribution in [-0.4, -0.2) is 82.7 Å². The summed E-state index contributed by atoms with van der Waals surface area (Å²) in [6.45, 7) is 7.62. The second kappa shape index (κ2) is 8.76. The summed E-state index contributed by atoms with van der Waals surface area (Å²) in [5.41, 5.74) is 3.81. The molecule has 2 bridgehead atoms. The van der Waals surface area contributed by atoms with E-state index in [1.165, 1.54) is 18.4 Å². The molecule has 4 spiro atoms. The zero-order valence-corrected chi connectivity index (χ0v) is 28.2. The number of carbonyl (C=O) groups is 1. The third-order valence-corrected chi connectivity index (χ3v) is 15.6. The lowest BCUT2D eigenvalue weighted by atomic mass is 9.48. The molecule has 9 aliphatic rings. The number of aliphatic hydroxyl groups excluding tert-OH is 1. The van der Waals surface area contributed by atoms with Gasteiger partial charge in [-0.2, -0.15) is 0 Å². The van der Waals surface area contributed by atoms with E-state index in [1.807, 2.05) is 6.07 Å². The summed E-state index contributed by atoms with van der Waals surface area (Å²) < 4.78 is 13.5. The average Bonchev–Trinajstić information content (AvgIpc) is 3.87. The zero-order valence-electron chi connectivity index (χ0n) is 28.2. The number of rotatable bonds is 3. The number of ether oxygens (including phenoxy) is 2. The number of aliphatic hydroxyl groups is 1. The summed E-state index contributed by atoms with van der Waals surface area (Å²) in [6, 6.07) is 17.8. The fourth-order valence-electron chi connectivity index (χ4n) is 14.2. The van der Waals surface area contributed by atoms with E-state index < -0.39 is 28.4 Å². The van der Waals surface area contributed by atoms with Gasteiger partial charge in [-0.15, -0.1) is 0 Å². The summed E-state index contributed by atoms with van der Waals surface area (Å²) >= 11 is 0. The van der Waals surface area contributed by atoms with Crippen LogP contribution in [0.5, 0.6) is 0 Å². The van der Waals surface area contributed by atoms with Crippen LogP contribution in [0.25, 0.3) is 0 Å². The minimum atomic E-state index is -0.692. The third-order valence-electron chi connectivity index (χ3n) is 15.6. The molecule has 7 aliphatic heterocycles. The van der Waals surface area contributed by atoms with Gasteiger partial charge in [0.1, 0.15) is 0 Å². The molecule has 0 amide bonds. The van der Waals surface area contributed by atoms with Crippen molar-refractivity contribution < 1.29 is 19.4 Å². The largest absolute Gasteiger partial charge is 0.466 e. The van der Waals surface area contributed by atoms with Crippen LogP contribution in [0.15, 0.2) is 72.0 Å². The van der Waals surface area contributed by atoms with Gasteiger partial charge in [0.2, 0.25) is 0 Å². The van der Waals surface area contributed by atoms with Gasteiger partial charge in [0.05, 0.1) is 40.8 Å². The predicted molar refractivity (Wildman–Crippen MR) is 182 cm³/mol. The zero-order chi connectivity index (χ0) is 32.5. The number of hydrogen-bond acceptors (Lipinski definition) is 8. The second-order valence-corrected chi connectivity index (χ2v) is 16.6. The number of fused-ring (bicyclic) bond motifs is 5. The molecule has 7 heterocycles. The Morgan fingerprint density at radius 3 is 2.62 bits per heavy atom. The Morgan fingerprint density at radius 2 is 1.83 bits per heavy atom. The van der Waals surface area contributed by atoms with Gasteiger partial charge in [-0.1, -0.05) is 62.4 Å². The quantitative estimate of drug-likeness (QED) is 0.316. The Kier molecular flexibility index (Phi) is 5.23. The fraction of sp³-hybridized carbons (Fsp3) is 0.575. The van der Waals surface area contributed by atoms with Gasteiger partial charge in [0.15, 0.2) is 5.72 Å². The normalized spacial score (nSPS) is 46.8. The van der Waals surface area contributed by atoms with E-state index >= 15 is 0 Å². The number of nitrogens with zero attached hydrogens (tertiary/aromatic N) is 2. The van der Waals surface area contributed by atoms with E-state index in [9.17, 15) is 9.90 Å². The minimum absolute atomic E-state index is 0.0335. The first-order valence-electron chi connectivity index (χ1n) is 18.4. The number of methoxy groups -OCH3 is 1. The summed E-state index contributed by atoms with van der Waals surface area (Å²) in [7, 11) is 1.48. The van der Waals surface area contributed by atoms with E-state index in [-0.39, 0.29) is 28.8 Å². The summed E-state index contributed by atoms with van der Waals surface area (Å²) in [4.78, 5) is 19.2. The van der Waals surface area contributed by atoms with Crippen LogP contribution in [0.1, 0.15) is 69.9 Å². The van der Waals surface area contributed by atoms with Gasteiger partial charge < -0.3 is 25.2 Å². The molecule has 8 heteroatoms. The number of anilines is 2. The molecule has 0 unspecified atom stereocenters. The summed E-state index contributed by atoms with van der Waals surface area (Å²) in [5, 5.41) is 20.9. The van der Waals surface area contributed by atoms with Crippen LogP contribution < -0.4 is 10.6 Å². The highest BCUT2D eigenvalue weighted by molar-refractivity contribution is 5.93. The predicted octanol–water partition coefficient (Wildman–Crippen LogP) is 5.06. The lowest BCUT2D eigenvalue weighted by Gasteiger charge is -2.63. The number of nitrogens with one attached hydrogen (secondary N) is 2. The maximum absolute atomic E-state index is 13.7. The van der Waals surface area contributed by atoms with Crippen molar-refractivity contribution in [2.75, 3.05) is 37.4 Å². The first-order valence-corrected chi connectivity index (χ1v) is 18.4. The molecular formula is C40H46N4O4. The van der Waals surface area contributed by atoms with Gasteiger partial charge in [0, 0.05) is 60.0 Å². The molecule has 11 rings (SSSR count). The Bertz CT molecular complexity index is 1880. The monoisotopic (exact) mass is 646 g/mol. The van der Waals surface area contributed by atoms with Crippen molar-refractivity contribution in [1.82, 2.24) is 9.80 Å². The van der Waals surface area contributed by atoms with Crippen molar-refractivity contribution >= 4 is 17.3 Å². The van der Waals surface area contributed by atoms with Crippen LogP contribution in [0.3, 0.4) is 0 Å². The van der Waals surface area contributed by atoms with Gasteiger partial charge in [0.25, 0.3) is 0 Å². The molecule has 2 aliphatic carbocycles. The first kappa shape index (κ1) is 28.6. The number of hydrogen-bond donors (Lipinski definition) is 3. The Balaban J connectivity index is 1.13. The molecule has 3 N–H and O–H groups in total. The molecule has 1 saturated carbocycles. The molecular weight excluding hydrogens is 600 g/mol. The lowest BCUT2D eigenvalue weighted by molar-refractivity contribution is -0.185. The van der Waals surface area contributed by atoms with Crippen LogP contribution in [0, 0.1) is 11.3 Å². The highest BCUT2D eigenvalue weighted by Crippen LogP contribution is 2.76. The van der Waals surface area contributed by atoms with Crippen LogP contribution in [0.4, 0.5) is 11.4 Å². The van der Waals surface area contributed by atoms with E-state index in [0.717, 1.165) is 68.7 Å². The topological polar surface area (TPSA) is 86.3 Å². The van der Waals surface area contributed by atoms with Crippen molar-refractivity contribution in [2.45, 2.75) is 105 Å². The number of para-hydroxylation sites is 2. The van der Waals surface area contributed by atoms with E-state index in [2.05, 4.69) is 88.9 Å². The first-order chi connectivity index (χ1) is 23.3. The maximum atomic E-state index is 13.7. The van der Waals surface area contributed by atoms with Crippen molar-refractivity contribution in [3.8, 4) is 0 Å². The standard InChI is InChI=1S/C40H46N4O4/c1-4-35-15-10-18-43-19-17-39(33(35)43)26-12-7-9-14-29(26)42-40(39)27(22-35)31-37(5-2,48-40)23-36-21-24(32(45)47-3)30-38(34(36)46,16-20-44(31)36)25-11-6-8-13-28(25)41-30/h6-15,27,31,33-34,41-42,46H,4-5,16-23H2,1-3H3/t27-,31-,33-,34-,35+,36-,37-,38+,39+,40+/m0/s1. The number of benzene rings is 2. The number of esters is 1. The van der Waals surface area contributed by atoms with Crippen molar-refractivity contribution in [3.05, 3.63) is 83.1 Å². The maximum Gasteiger partial charge on any atom is 0.335 e. The highest BCUT2D eigenvalue weighted by atomic mass is 16.6. The van der Waals surface area contributed by atoms with Crippen molar-refractivity contribution in [3.63, 3.8) is 0 Å². The molecule has 2 aromatic rings. The molecule has 8 nitrogen and oxygen atoms in total. The molecule has 5 fully saturated rings. The minimum Gasteiger partial charge on any atom is -0.466 e. The second-order valence-electron chi connectivity index (χ2n) is 16.6. The number of carbonyl (C=O) groups excluding carboxylic acids is 1. The van der Waals surface area contributed by atoms with Gasteiger partial charge >= 0.3 is 5.97 Å². The van der Waals surface area contributed by atoms with Crippen molar-refractivity contribution in [2.24, 2.45) is 11.3 Å². The molecule has 4 saturated heterocycles. The molecule has 0 radical (unpaired) electrons. The SMILES string of the molecule is CC[C@@]12C=CCN3CC[C@@]4(c5ccccc5N[C@]45O[C@@]4(CC)C[C@]67CC(C(=O)OC)=C8Nc9ccccc9[C@@]8(CCN6[C@H]4[C@@H]5C1)[C@H]7O)[C@@H]32. The van der Waals surface area contributed by atoms with Gasteiger partial charge in [-0.25, -0.2) is 4.79 Å². The van der Waals surface area contributed by atoms with Crippen LogP contribution >= 0.6 is 0 Å². The summed E-state index contributed by atoms with van der Waals surface area (Å²) in [5.74, 6) is -0.0937. The van der Waals surface area contributed by atoms with E-state index in [4.69, 9.17) is 9.47 Å². The van der Waals surface area contributed by atoms with Crippen LogP contribution in [-0.2, 0) is 25.1 Å². The van der Waals surface area contributed by atoms with Gasteiger partial charge in [-0.05, 0) is 68.3 Å². The molecule has 250 valence electrons. The average molecular weight is 647 g/mol. The third kappa shape index (κ3) is 2.73. The van der Waals surface area contributed by atoms with Crippen molar-refractivity contribution in [1.29, 1.82) is 0 Å². The molecule has 2 aromatic carbocycles.